The Morgan fingerprint density at radius 1 is 0.906 bits per heavy atom. The Morgan fingerprint density at radius 3 is 2.34 bits per heavy atom. The third-order valence-electron chi connectivity index (χ3n) is 5.95. The van der Waals surface area contributed by atoms with Crippen molar-refractivity contribution in [2.45, 2.75) is 71.5 Å². The number of hydrogen-bond acceptors (Lipinski definition) is 3. The van der Waals surface area contributed by atoms with E-state index >= 15 is 0 Å². The fraction of sp³-hybridized carbons (Fsp3) is 0.444. The van der Waals surface area contributed by atoms with E-state index in [0.29, 0.717) is 12.5 Å². The summed E-state index contributed by atoms with van der Waals surface area (Å²) in [7, 11) is -1.77. The summed E-state index contributed by atoms with van der Waals surface area (Å²) in [6.07, 6.45) is 7.93. The maximum absolute atomic E-state index is 6.08. The smallest absolute Gasteiger partial charge is 0.263 e. The van der Waals surface area contributed by atoms with Crippen molar-refractivity contribution in [3.8, 4) is 0 Å². The number of nitrogens with zero attached hydrogens (tertiary/aromatic N) is 3. The highest BCUT2D eigenvalue weighted by Gasteiger charge is 2.27. The Bertz CT molecular complexity index is 1050. The molecule has 1 heterocycles. The van der Waals surface area contributed by atoms with Gasteiger partial charge in [-0.2, -0.15) is 4.68 Å². The van der Waals surface area contributed by atoms with Gasteiger partial charge in [0.2, 0.25) is 0 Å². The van der Waals surface area contributed by atoms with Crippen LogP contribution in [0.25, 0.3) is 22.1 Å². The van der Waals surface area contributed by atoms with E-state index in [1.54, 1.807) is 4.68 Å². The molecule has 0 saturated heterocycles. The Kier molecular flexibility index (Phi) is 8.89. The first-order valence-corrected chi connectivity index (χ1v) is 15.3. The Hall–Kier alpha value is -2.62. The molecule has 0 fully saturated rings. The van der Waals surface area contributed by atoms with E-state index in [2.05, 4.69) is 66.4 Å². The van der Waals surface area contributed by atoms with E-state index in [1.165, 1.54) is 55.3 Å². The molecule has 4 nitrogen and oxygen atoms in total. The summed E-state index contributed by atoms with van der Waals surface area (Å²) in [6, 6.07) is 19.9. The lowest BCUT2D eigenvalue weighted by atomic mass is 10.1. The lowest BCUT2D eigenvalue weighted by Crippen LogP contribution is -2.27. The van der Waals surface area contributed by atoms with Crippen molar-refractivity contribution < 1.29 is 4.74 Å². The van der Waals surface area contributed by atoms with E-state index in [4.69, 9.17) is 4.74 Å². The molecule has 0 unspecified atom stereocenters. The lowest BCUT2D eigenvalue weighted by Gasteiger charge is -2.25. The molecule has 0 N–H and O–H groups in total. The molecule has 0 spiro atoms. The summed E-state index contributed by atoms with van der Waals surface area (Å²) >= 11 is 0. The molecular formula is C27H37N3OSi. The summed E-state index contributed by atoms with van der Waals surface area (Å²) < 4.78 is 7.87. The van der Waals surface area contributed by atoms with Crippen molar-refractivity contribution in [2.75, 3.05) is 6.61 Å². The second-order valence-electron chi connectivity index (χ2n) is 9.00. The van der Waals surface area contributed by atoms with Crippen molar-refractivity contribution in [1.29, 1.82) is 0 Å². The quantitative estimate of drug-likeness (QED) is 0.124. The minimum absolute atomic E-state index is 0.554. The molecule has 0 saturated carbocycles. The Morgan fingerprint density at radius 2 is 1.59 bits per heavy atom. The van der Waals surface area contributed by atoms with Crippen LogP contribution in [0.5, 0.6) is 0 Å². The second kappa shape index (κ2) is 11.8. The van der Waals surface area contributed by atoms with Gasteiger partial charge in [-0.25, -0.2) is 0 Å². The SMILES string of the molecule is CCCCCCCC[Si](C)(C)C(=C=C(OCC)n1nnc2ccccc21)c1ccccc1. The topological polar surface area (TPSA) is 39.9 Å². The highest BCUT2D eigenvalue weighted by atomic mass is 28.3. The zero-order chi connectivity index (χ0) is 22.8. The molecule has 0 amide bonds. The van der Waals surface area contributed by atoms with Crippen LogP contribution in [0.1, 0.15) is 57.9 Å². The first kappa shape index (κ1) is 24.0. The molecule has 2 aromatic carbocycles. The van der Waals surface area contributed by atoms with Crippen LogP contribution >= 0.6 is 0 Å². The zero-order valence-corrected chi connectivity index (χ0v) is 21.1. The van der Waals surface area contributed by atoms with Gasteiger partial charge < -0.3 is 4.74 Å². The number of aromatic nitrogens is 3. The van der Waals surface area contributed by atoms with Gasteiger partial charge in [0.1, 0.15) is 5.52 Å². The fourth-order valence-corrected chi connectivity index (χ4v) is 6.90. The molecule has 0 aliphatic heterocycles. The van der Waals surface area contributed by atoms with Gasteiger partial charge in [-0.1, -0.05) is 118 Å². The summed E-state index contributed by atoms with van der Waals surface area (Å²) in [5.41, 5.74) is 6.73. The number of fused-ring (bicyclic) bond motifs is 1. The van der Waals surface area contributed by atoms with E-state index in [-0.39, 0.29) is 0 Å². The Labute approximate surface area is 194 Å². The van der Waals surface area contributed by atoms with Crippen molar-refractivity contribution in [3.05, 3.63) is 65.9 Å². The zero-order valence-electron chi connectivity index (χ0n) is 20.1. The van der Waals surface area contributed by atoms with Gasteiger partial charge in [-0.15, -0.1) is 5.10 Å². The molecule has 0 radical (unpaired) electrons. The standard InChI is InChI=1S/C27H37N3OSi/c1-5-7-8-9-10-16-21-32(3,4)26(23-17-12-11-13-18-23)22-27(31-6-2)30-25-20-15-14-19-24(25)28-29-30/h11-15,17-20H,5-10,16,21H2,1-4H3. The van der Waals surface area contributed by atoms with Crippen molar-refractivity contribution in [1.82, 2.24) is 15.0 Å². The number of hydrogen-bond donors (Lipinski definition) is 0. The molecule has 0 bridgehead atoms. The molecule has 1 aromatic heterocycles. The van der Waals surface area contributed by atoms with Gasteiger partial charge in [0.15, 0.2) is 0 Å². The third-order valence-corrected chi connectivity index (χ3v) is 9.32. The first-order chi connectivity index (χ1) is 15.6. The van der Waals surface area contributed by atoms with Crippen LogP contribution in [-0.4, -0.2) is 29.7 Å². The predicted octanol–water partition coefficient (Wildman–Crippen LogP) is 7.56. The summed E-state index contributed by atoms with van der Waals surface area (Å²) in [4.78, 5) is 0. The average molecular weight is 448 g/mol. The molecule has 0 atom stereocenters. The number of para-hydroxylation sites is 1. The molecule has 0 aliphatic rings. The highest BCUT2D eigenvalue weighted by molar-refractivity contribution is 6.94. The largest absolute Gasteiger partial charge is 0.472 e. The maximum Gasteiger partial charge on any atom is 0.263 e. The van der Waals surface area contributed by atoms with Gasteiger partial charge >= 0.3 is 0 Å². The van der Waals surface area contributed by atoms with E-state index in [1.807, 2.05) is 31.2 Å². The molecule has 32 heavy (non-hydrogen) atoms. The lowest BCUT2D eigenvalue weighted by molar-refractivity contribution is 0.273. The third kappa shape index (κ3) is 6.21. The van der Waals surface area contributed by atoms with E-state index < -0.39 is 8.07 Å². The number of ether oxygens (including phenoxy) is 1. The van der Waals surface area contributed by atoms with Crippen molar-refractivity contribution in [2.24, 2.45) is 0 Å². The molecular weight excluding hydrogens is 410 g/mol. The van der Waals surface area contributed by atoms with E-state index in [9.17, 15) is 0 Å². The van der Waals surface area contributed by atoms with Gasteiger partial charge in [0, 0.05) is 0 Å². The number of unbranched alkanes of at least 4 members (excludes halogenated alkanes) is 5. The van der Waals surface area contributed by atoms with Crippen LogP contribution in [0.15, 0.2) is 60.3 Å². The van der Waals surface area contributed by atoms with Crippen molar-refractivity contribution in [3.63, 3.8) is 0 Å². The number of rotatable bonds is 12. The average Bonchev–Trinajstić information content (AvgIpc) is 3.23. The van der Waals surface area contributed by atoms with Gasteiger partial charge in [-0.05, 0) is 29.8 Å². The van der Waals surface area contributed by atoms with Gasteiger partial charge in [0.05, 0.1) is 20.2 Å². The number of benzene rings is 2. The summed E-state index contributed by atoms with van der Waals surface area (Å²) in [5.74, 6) is 0.628. The normalized spacial score (nSPS) is 11.4. The van der Waals surface area contributed by atoms with Crippen LogP contribution in [0.3, 0.4) is 0 Å². The molecule has 3 aromatic rings. The predicted molar refractivity (Wildman–Crippen MR) is 138 cm³/mol. The fourth-order valence-electron chi connectivity index (χ4n) is 4.12. The van der Waals surface area contributed by atoms with Crippen LogP contribution in [0.4, 0.5) is 0 Å². The van der Waals surface area contributed by atoms with E-state index in [0.717, 1.165) is 11.0 Å². The van der Waals surface area contributed by atoms with Gasteiger partial charge in [0.25, 0.3) is 5.88 Å². The minimum atomic E-state index is -1.77. The summed E-state index contributed by atoms with van der Waals surface area (Å²) in [6.45, 7) is 9.74. The molecule has 170 valence electrons. The molecule has 5 heteroatoms. The van der Waals surface area contributed by atoms with Crippen LogP contribution in [-0.2, 0) is 4.74 Å². The van der Waals surface area contributed by atoms with Gasteiger partial charge in [-0.3, -0.25) is 0 Å². The Balaban J connectivity index is 2.01. The molecule has 0 aliphatic carbocycles. The highest BCUT2D eigenvalue weighted by Crippen LogP contribution is 2.31. The van der Waals surface area contributed by atoms with Crippen LogP contribution in [0.2, 0.25) is 19.1 Å². The second-order valence-corrected chi connectivity index (χ2v) is 13.8. The molecule has 3 rings (SSSR count). The van der Waals surface area contributed by atoms with Crippen LogP contribution < -0.4 is 0 Å². The minimum Gasteiger partial charge on any atom is -0.472 e. The van der Waals surface area contributed by atoms with Crippen LogP contribution in [0, 0.1) is 0 Å². The maximum atomic E-state index is 6.08. The van der Waals surface area contributed by atoms with Crippen molar-refractivity contribution >= 4 is 30.2 Å². The summed E-state index contributed by atoms with van der Waals surface area (Å²) in [5, 5.41) is 10.0. The monoisotopic (exact) mass is 447 g/mol. The first-order valence-electron chi connectivity index (χ1n) is 12.1.